The van der Waals surface area contributed by atoms with Gasteiger partial charge in [-0.05, 0) is 19.1 Å². The minimum Gasteiger partial charge on any atom is -0.476 e. The minimum atomic E-state index is -1.17. The van der Waals surface area contributed by atoms with Gasteiger partial charge in [-0.1, -0.05) is 23.4 Å². The van der Waals surface area contributed by atoms with Crippen molar-refractivity contribution in [2.75, 3.05) is 6.54 Å². The molecule has 0 fully saturated rings. The quantitative estimate of drug-likeness (QED) is 0.758. The molecule has 1 amide bonds. The Kier molecular flexibility index (Phi) is 3.76. The second-order valence-electron chi connectivity index (χ2n) is 5.97. The largest absolute Gasteiger partial charge is 0.476 e. The average Bonchev–Trinajstić information content (AvgIpc) is 3.25. The van der Waals surface area contributed by atoms with Crippen molar-refractivity contribution < 1.29 is 19.2 Å². The van der Waals surface area contributed by atoms with Crippen LogP contribution in [0.3, 0.4) is 0 Å². The van der Waals surface area contributed by atoms with Crippen LogP contribution in [-0.2, 0) is 13.0 Å². The summed E-state index contributed by atoms with van der Waals surface area (Å²) in [5.74, 6) is -0.959. The molecule has 26 heavy (non-hydrogen) atoms. The first-order valence-corrected chi connectivity index (χ1v) is 8.04. The van der Waals surface area contributed by atoms with Crippen molar-refractivity contribution in [2.45, 2.75) is 19.9 Å². The zero-order valence-corrected chi connectivity index (χ0v) is 13.9. The molecule has 2 aromatic heterocycles. The Bertz CT molecular complexity index is 992. The fourth-order valence-corrected chi connectivity index (χ4v) is 2.95. The molecule has 0 spiro atoms. The second-order valence-corrected chi connectivity index (χ2v) is 5.97. The van der Waals surface area contributed by atoms with Gasteiger partial charge < -0.3 is 14.5 Å². The van der Waals surface area contributed by atoms with Crippen LogP contribution in [0.4, 0.5) is 0 Å². The number of carbonyl (C=O) groups excluding carboxylic acids is 1. The predicted octanol–water partition coefficient (Wildman–Crippen LogP) is 1.46. The van der Waals surface area contributed by atoms with Gasteiger partial charge in [0.1, 0.15) is 5.76 Å². The van der Waals surface area contributed by atoms with E-state index in [1.165, 1.54) is 9.70 Å². The lowest BCUT2D eigenvalue weighted by atomic mass is 10.1. The Balaban J connectivity index is 1.62. The number of benzene rings is 1. The second kappa shape index (κ2) is 6.10. The molecular weight excluding hydrogens is 338 g/mol. The van der Waals surface area contributed by atoms with Crippen molar-refractivity contribution in [1.82, 2.24) is 25.1 Å². The predicted molar refractivity (Wildman–Crippen MR) is 88.0 cm³/mol. The number of fused-ring (bicyclic) bond motifs is 1. The van der Waals surface area contributed by atoms with Crippen molar-refractivity contribution in [1.29, 1.82) is 0 Å². The van der Waals surface area contributed by atoms with Crippen LogP contribution in [0, 0.1) is 6.92 Å². The third-order valence-electron chi connectivity index (χ3n) is 4.29. The maximum atomic E-state index is 12.9. The van der Waals surface area contributed by atoms with E-state index < -0.39 is 5.97 Å². The summed E-state index contributed by atoms with van der Waals surface area (Å²) in [7, 11) is 0. The highest BCUT2D eigenvalue weighted by Gasteiger charge is 2.31. The molecule has 0 saturated heterocycles. The van der Waals surface area contributed by atoms with Crippen molar-refractivity contribution in [3.8, 4) is 5.69 Å². The molecule has 1 aliphatic rings. The van der Waals surface area contributed by atoms with Crippen LogP contribution in [0.5, 0.6) is 0 Å². The third kappa shape index (κ3) is 2.63. The van der Waals surface area contributed by atoms with Crippen molar-refractivity contribution in [3.63, 3.8) is 0 Å². The van der Waals surface area contributed by atoms with Crippen LogP contribution in [0.25, 0.3) is 5.69 Å². The molecular formula is C17H15N5O4. The Labute approximate surface area is 147 Å². The van der Waals surface area contributed by atoms with Crippen molar-refractivity contribution in [2.24, 2.45) is 0 Å². The number of carboxylic acids is 1. The topological polar surface area (TPSA) is 114 Å². The van der Waals surface area contributed by atoms with E-state index in [1.54, 1.807) is 6.92 Å². The van der Waals surface area contributed by atoms with Crippen molar-refractivity contribution in [3.05, 3.63) is 58.7 Å². The summed E-state index contributed by atoms with van der Waals surface area (Å²) in [5, 5.41) is 21.4. The molecule has 3 aromatic rings. The van der Waals surface area contributed by atoms with Gasteiger partial charge in [0.2, 0.25) is 0 Å². The first-order valence-electron chi connectivity index (χ1n) is 8.04. The van der Waals surface area contributed by atoms with Crippen LogP contribution >= 0.6 is 0 Å². The molecule has 4 rings (SSSR count). The summed E-state index contributed by atoms with van der Waals surface area (Å²) in [6.45, 7) is 2.24. The lowest BCUT2D eigenvalue weighted by Crippen LogP contribution is -2.36. The molecule has 1 N–H and O–H groups in total. The highest BCUT2D eigenvalue weighted by molar-refractivity contribution is 5.94. The molecule has 0 saturated carbocycles. The van der Waals surface area contributed by atoms with E-state index in [-0.39, 0.29) is 23.8 Å². The first kappa shape index (κ1) is 16.0. The molecule has 0 atom stereocenters. The zero-order valence-electron chi connectivity index (χ0n) is 13.9. The Morgan fingerprint density at radius 1 is 1.15 bits per heavy atom. The molecule has 0 radical (unpaired) electrons. The summed E-state index contributed by atoms with van der Waals surface area (Å²) in [6, 6.07) is 9.30. The standard InChI is InChI=1S/C17H15N5O4/c1-10-14(19-22(18-10)11-5-3-2-4-6-11)16(23)21-8-7-13-12(9-21)15(17(24)25)20-26-13/h2-6H,7-9H2,1H3,(H,24,25). The fraction of sp³-hybridized carbons (Fsp3) is 0.235. The number of nitrogens with zero attached hydrogens (tertiary/aromatic N) is 5. The molecule has 0 aliphatic carbocycles. The van der Waals surface area contributed by atoms with Gasteiger partial charge in [-0.25, -0.2) is 4.79 Å². The Morgan fingerprint density at radius 3 is 2.65 bits per heavy atom. The number of aromatic carboxylic acids is 1. The van der Waals surface area contributed by atoms with E-state index in [0.29, 0.717) is 30.0 Å². The summed E-state index contributed by atoms with van der Waals surface area (Å²) in [5.41, 5.74) is 1.79. The van der Waals surface area contributed by atoms with Gasteiger partial charge >= 0.3 is 5.97 Å². The Morgan fingerprint density at radius 2 is 1.92 bits per heavy atom. The SMILES string of the molecule is Cc1nn(-c2ccccc2)nc1C(=O)N1CCc2onc(C(=O)O)c2C1. The average molecular weight is 353 g/mol. The van der Waals surface area contributed by atoms with Gasteiger partial charge in [0.25, 0.3) is 5.91 Å². The van der Waals surface area contributed by atoms with Crippen molar-refractivity contribution >= 4 is 11.9 Å². The number of aryl methyl sites for hydroxylation is 1. The number of hydrogen-bond donors (Lipinski definition) is 1. The van der Waals surface area contributed by atoms with Crippen LogP contribution in [0.2, 0.25) is 0 Å². The monoisotopic (exact) mass is 353 g/mol. The molecule has 1 aliphatic heterocycles. The minimum absolute atomic E-state index is 0.122. The summed E-state index contributed by atoms with van der Waals surface area (Å²) in [6.07, 6.45) is 0.410. The van der Waals surface area contributed by atoms with E-state index in [0.717, 1.165) is 5.69 Å². The van der Waals surface area contributed by atoms with Gasteiger partial charge in [-0.15, -0.1) is 5.10 Å². The maximum absolute atomic E-state index is 12.9. The number of carboxylic acid groups (broad SMARTS) is 1. The number of para-hydroxylation sites is 1. The smallest absolute Gasteiger partial charge is 0.358 e. The van der Waals surface area contributed by atoms with Crippen LogP contribution < -0.4 is 0 Å². The zero-order chi connectivity index (χ0) is 18.3. The molecule has 0 bridgehead atoms. The lowest BCUT2D eigenvalue weighted by Gasteiger charge is -2.25. The molecule has 132 valence electrons. The van der Waals surface area contributed by atoms with Gasteiger partial charge in [0, 0.05) is 18.5 Å². The third-order valence-corrected chi connectivity index (χ3v) is 4.29. The number of carbonyl (C=O) groups is 2. The molecule has 3 heterocycles. The molecule has 0 unspecified atom stereocenters. The van der Waals surface area contributed by atoms with Crippen LogP contribution in [0.1, 0.15) is 38.0 Å². The highest BCUT2D eigenvalue weighted by atomic mass is 16.5. The normalized spacial score (nSPS) is 13.5. The molecule has 1 aromatic carbocycles. The van der Waals surface area contributed by atoms with Gasteiger partial charge in [-0.2, -0.15) is 9.90 Å². The number of rotatable bonds is 3. The van der Waals surface area contributed by atoms with Gasteiger partial charge in [0.05, 0.1) is 17.9 Å². The van der Waals surface area contributed by atoms with Crippen LogP contribution in [-0.4, -0.2) is 48.6 Å². The van der Waals surface area contributed by atoms with Crippen LogP contribution in [0.15, 0.2) is 34.9 Å². The van der Waals surface area contributed by atoms with E-state index >= 15 is 0 Å². The number of hydrogen-bond acceptors (Lipinski definition) is 6. The Hall–Kier alpha value is -3.49. The number of amides is 1. The van der Waals surface area contributed by atoms with Gasteiger partial charge in [-0.3, -0.25) is 4.79 Å². The van der Waals surface area contributed by atoms with E-state index in [1.807, 2.05) is 30.3 Å². The summed E-state index contributed by atoms with van der Waals surface area (Å²) in [4.78, 5) is 27.1. The van der Waals surface area contributed by atoms with Gasteiger partial charge in [0.15, 0.2) is 11.4 Å². The highest BCUT2D eigenvalue weighted by Crippen LogP contribution is 2.24. The fourth-order valence-electron chi connectivity index (χ4n) is 2.95. The first-order chi connectivity index (χ1) is 12.5. The van der Waals surface area contributed by atoms with E-state index in [9.17, 15) is 14.7 Å². The van der Waals surface area contributed by atoms with E-state index in [2.05, 4.69) is 15.4 Å². The van der Waals surface area contributed by atoms with E-state index in [4.69, 9.17) is 4.52 Å². The molecule has 9 heteroatoms. The lowest BCUT2D eigenvalue weighted by molar-refractivity contribution is 0.0672. The molecule has 9 nitrogen and oxygen atoms in total. The summed E-state index contributed by atoms with van der Waals surface area (Å²) < 4.78 is 5.07. The summed E-state index contributed by atoms with van der Waals surface area (Å²) >= 11 is 0. The maximum Gasteiger partial charge on any atom is 0.358 e. The number of aromatic nitrogens is 4.